The van der Waals surface area contributed by atoms with Crippen LogP contribution in [0.4, 0.5) is 0 Å². The molecule has 96 valence electrons. The van der Waals surface area contributed by atoms with E-state index in [1.807, 2.05) is 24.7 Å². The smallest absolute Gasteiger partial charge is 0.280 e. The fraction of sp³-hybridized carbons (Fsp3) is 0.636. The first-order chi connectivity index (χ1) is 8.74. The summed E-state index contributed by atoms with van der Waals surface area (Å²) >= 11 is 0. The van der Waals surface area contributed by atoms with Gasteiger partial charge in [-0.3, -0.25) is 0 Å². The summed E-state index contributed by atoms with van der Waals surface area (Å²) in [6.45, 7) is 6.01. The maximum Gasteiger partial charge on any atom is 0.280 e. The minimum Gasteiger partial charge on any atom is -0.332 e. The van der Waals surface area contributed by atoms with Crippen molar-refractivity contribution < 1.29 is 4.52 Å². The van der Waals surface area contributed by atoms with Crippen molar-refractivity contribution in [2.45, 2.75) is 32.2 Å². The van der Waals surface area contributed by atoms with Crippen LogP contribution in [0.1, 0.15) is 38.1 Å². The maximum atomic E-state index is 5.20. The summed E-state index contributed by atoms with van der Waals surface area (Å²) < 4.78 is 7.07. The lowest BCUT2D eigenvalue weighted by molar-refractivity contribution is 0.418. The van der Waals surface area contributed by atoms with Gasteiger partial charge in [0.25, 0.3) is 5.89 Å². The highest BCUT2D eigenvalue weighted by atomic mass is 16.5. The first-order valence-electron chi connectivity index (χ1n) is 6.20. The van der Waals surface area contributed by atoms with Gasteiger partial charge in [0.1, 0.15) is 0 Å². The highest BCUT2D eigenvalue weighted by Crippen LogP contribution is 2.20. The second-order valence-corrected chi connectivity index (χ2v) is 4.84. The second-order valence-electron chi connectivity index (χ2n) is 4.84. The molecule has 0 saturated carbocycles. The van der Waals surface area contributed by atoms with Gasteiger partial charge >= 0.3 is 0 Å². The van der Waals surface area contributed by atoms with E-state index in [1.165, 1.54) is 0 Å². The number of nitrogens with zero attached hydrogens (tertiary/aromatic N) is 5. The van der Waals surface area contributed by atoms with E-state index >= 15 is 0 Å². The normalized spacial score (nSPS) is 19.8. The summed E-state index contributed by atoms with van der Waals surface area (Å²) in [6.07, 6.45) is 2.94. The molecule has 1 saturated heterocycles. The molecular weight excluding hydrogens is 232 g/mol. The van der Waals surface area contributed by atoms with Gasteiger partial charge in [0.15, 0.2) is 11.5 Å². The Balaban J connectivity index is 1.83. The van der Waals surface area contributed by atoms with Crippen molar-refractivity contribution in [2.75, 3.05) is 13.1 Å². The van der Waals surface area contributed by atoms with Crippen LogP contribution in [0.25, 0.3) is 11.6 Å². The summed E-state index contributed by atoms with van der Waals surface area (Å²) in [4.78, 5) is 4.31. The van der Waals surface area contributed by atoms with Crippen molar-refractivity contribution >= 4 is 0 Å². The van der Waals surface area contributed by atoms with E-state index in [2.05, 4.69) is 25.8 Å². The lowest BCUT2D eigenvalue weighted by Gasteiger charge is -2.05. The van der Waals surface area contributed by atoms with E-state index in [1.54, 1.807) is 0 Å². The van der Waals surface area contributed by atoms with Crippen LogP contribution in [0.15, 0.2) is 10.7 Å². The minimum absolute atomic E-state index is 0.247. The summed E-state index contributed by atoms with van der Waals surface area (Å²) in [7, 11) is 0. The van der Waals surface area contributed by atoms with Crippen molar-refractivity contribution in [3.05, 3.63) is 12.0 Å². The standard InChI is InChI=1S/C11H16N6O/c1-7(2)10-13-11(18-15-10)9-6-17(16-14-9)8-3-4-12-5-8/h6-8,12H,3-5H2,1-2H3/t8-/m0/s1. The molecule has 2 aromatic heterocycles. The van der Waals surface area contributed by atoms with E-state index < -0.39 is 0 Å². The van der Waals surface area contributed by atoms with E-state index in [-0.39, 0.29) is 5.92 Å². The zero-order valence-electron chi connectivity index (χ0n) is 10.5. The summed E-state index contributed by atoms with van der Waals surface area (Å²) in [5, 5.41) is 15.4. The molecule has 7 heteroatoms. The Bertz CT molecular complexity index is 525. The molecule has 7 nitrogen and oxygen atoms in total. The van der Waals surface area contributed by atoms with Gasteiger partial charge < -0.3 is 9.84 Å². The van der Waals surface area contributed by atoms with Gasteiger partial charge in [-0.15, -0.1) is 5.10 Å². The summed E-state index contributed by atoms with van der Waals surface area (Å²) in [5.41, 5.74) is 0.640. The molecule has 0 amide bonds. The molecule has 2 aromatic rings. The van der Waals surface area contributed by atoms with Gasteiger partial charge in [-0.1, -0.05) is 24.2 Å². The van der Waals surface area contributed by atoms with Crippen LogP contribution in [0.2, 0.25) is 0 Å². The quantitative estimate of drug-likeness (QED) is 0.872. The Hall–Kier alpha value is -1.76. The number of aromatic nitrogens is 5. The molecule has 0 radical (unpaired) electrons. The van der Waals surface area contributed by atoms with E-state index in [4.69, 9.17) is 4.52 Å². The second kappa shape index (κ2) is 4.49. The zero-order valence-corrected chi connectivity index (χ0v) is 10.5. The topological polar surface area (TPSA) is 81.7 Å². The van der Waals surface area contributed by atoms with E-state index in [9.17, 15) is 0 Å². The minimum atomic E-state index is 0.247. The van der Waals surface area contributed by atoms with Crippen LogP contribution in [-0.2, 0) is 0 Å². The highest BCUT2D eigenvalue weighted by molar-refractivity contribution is 5.43. The van der Waals surface area contributed by atoms with Crippen molar-refractivity contribution in [1.82, 2.24) is 30.5 Å². The molecular formula is C11H16N6O. The average Bonchev–Trinajstić information content (AvgIpc) is 3.10. The van der Waals surface area contributed by atoms with Gasteiger partial charge in [-0.05, 0) is 13.0 Å². The molecule has 18 heavy (non-hydrogen) atoms. The molecule has 3 heterocycles. The molecule has 1 N–H and O–H groups in total. The molecule has 1 aliphatic heterocycles. The fourth-order valence-electron chi connectivity index (χ4n) is 1.99. The Morgan fingerprint density at radius 2 is 2.39 bits per heavy atom. The number of hydrogen-bond donors (Lipinski definition) is 1. The van der Waals surface area contributed by atoms with E-state index in [0.717, 1.165) is 19.5 Å². The third-order valence-corrected chi connectivity index (χ3v) is 3.10. The lowest BCUT2D eigenvalue weighted by atomic mass is 10.2. The first kappa shape index (κ1) is 11.3. The van der Waals surface area contributed by atoms with Crippen LogP contribution in [-0.4, -0.2) is 38.2 Å². The largest absolute Gasteiger partial charge is 0.332 e. The third-order valence-electron chi connectivity index (χ3n) is 3.10. The lowest BCUT2D eigenvalue weighted by Crippen LogP contribution is -2.13. The molecule has 0 aliphatic carbocycles. The predicted octanol–water partition coefficient (Wildman–Crippen LogP) is 0.986. The molecule has 0 spiro atoms. The van der Waals surface area contributed by atoms with Crippen molar-refractivity contribution in [1.29, 1.82) is 0 Å². The molecule has 1 atom stereocenters. The Morgan fingerprint density at radius 1 is 1.50 bits per heavy atom. The molecule has 0 aromatic carbocycles. The van der Waals surface area contributed by atoms with Crippen LogP contribution in [0.3, 0.4) is 0 Å². The van der Waals surface area contributed by atoms with Gasteiger partial charge in [0.2, 0.25) is 0 Å². The number of rotatable bonds is 3. The number of hydrogen-bond acceptors (Lipinski definition) is 6. The zero-order chi connectivity index (χ0) is 12.5. The van der Waals surface area contributed by atoms with Gasteiger partial charge in [0, 0.05) is 12.5 Å². The monoisotopic (exact) mass is 248 g/mol. The van der Waals surface area contributed by atoms with Gasteiger partial charge in [-0.2, -0.15) is 4.98 Å². The average molecular weight is 248 g/mol. The van der Waals surface area contributed by atoms with Crippen molar-refractivity contribution in [3.63, 3.8) is 0 Å². The molecule has 3 rings (SSSR count). The Kier molecular flexibility index (Phi) is 2.83. The van der Waals surface area contributed by atoms with E-state index in [0.29, 0.717) is 23.5 Å². The molecule has 0 unspecified atom stereocenters. The summed E-state index contributed by atoms with van der Waals surface area (Å²) in [5.74, 6) is 1.38. The van der Waals surface area contributed by atoms with Gasteiger partial charge in [-0.25, -0.2) is 4.68 Å². The molecule has 1 aliphatic rings. The van der Waals surface area contributed by atoms with Crippen LogP contribution in [0.5, 0.6) is 0 Å². The predicted molar refractivity (Wildman–Crippen MR) is 63.9 cm³/mol. The maximum absolute atomic E-state index is 5.20. The van der Waals surface area contributed by atoms with Gasteiger partial charge in [0.05, 0.1) is 12.2 Å². The van der Waals surface area contributed by atoms with Crippen molar-refractivity contribution in [2.24, 2.45) is 0 Å². The van der Waals surface area contributed by atoms with Crippen molar-refractivity contribution in [3.8, 4) is 11.6 Å². The van der Waals surface area contributed by atoms with Crippen LogP contribution >= 0.6 is 0 Å². The summed E-state index contributed by atoms with van der Waals surface area (Å²) in [6, 6.07) is 0.374. The Labute approximate surface area is 105 Å². The SMILES string of the molecule is CC(C)c1noc(-c2cn([C@H]3CCNC3)nn2)n1. The highest BCUT2D eigenvalue weighted by Gasteiger charge is 2.20. The Morgan fingerprint density at radius 3 is 3.06 bits per heavy atom. The van der Waals surface area contributed by atoms with Crippen LogP contribution < -0.4 is 5.32 Å². The fourth-order valence-corrected chi connectivity index (χ4v) is 1.99. The van der Waals surface area contributed by atoms with Crippen LogP contribution in [0, 0.1) is 0 Å². The third kappa shape index (κ3) is 2.01. The first-order valence-corrected chi connectivity index (χ1v) is 6.20. The number of nitrogens with one attached hydrogen (secondary N) is 1. The molecule has 1 fully saturated rings. The molecule has 0 bridgehead atoms.